The van der Waals surface area contributed by atoms with Gasteiger partial charge >= 0.3 is 12.0 Å². The molecule has 0 atom stereocenters. The molecular weight excluding hydrogens is 244 g/mol. The number of amides is 2. The van der Waals surface area contributed by atoms with E-state index in [-0.39, 0.29) is 18.5 Å². The first-order chi connectivity index (χ1) is 9.06. The second-order valence-electron chi connectivity index (χ2n) is 5.98. The van der Waals surface area contributed by atoms with E-state index in [2.05, 4.69) is 12.2 Å². The number of carbonyl (C=O) groups is 2. The predicted molar refractivity (Wildman–Crippen MR) is 72.0 cm³/mol. The second-order valence-corrected chi connectivity index (χ2v) is 5.98. The highest BCUT2D eigenvalue weighted by Crippen LogP contribution is 2.48. The van der Waals surface area contributed by atoms with Crippen LogP contribution in [0.5, 0.6) is 0 Å². The Labute approximate surface area is 114 Å². The van der Waals surface area contributed by atoms with Gasteiger partial charge in [-0.2, -0.15) is 0 Å². The van der Waals surface area contributed by atoms with Crippen LogP contribution in [0.25, 0.3) is 0 Å². The van der Waals surface area contributed by atoms with Gasteiger partial charge in [0.2, 0.25) is 0 Å². The van der Waals surface area contributed by atoms with Crippen LogP contribution in [0, 0.1) is 5.41 Å². The molecule has 2 amide bonds. The van der Waals surface area contributed by atoms with E-state index >= 15 is 0 Å². The summed E-state index contributed by atoms with van der Waals surface area (Å²) in [5.41, 5.74) is 0.340. The zero-order valence-corrected chi connectivity index (χ0v) is 11.7. The van der Waals surface area contributed by atoms with Gasteiger partial charge in [0.1, 0.15) is 0 Å². The number of carboxylic acids is 1. The van der Waals surface area contributed by atoms with E-state index in [0.29, 0.717) is 12.0 Å². The molecule has 108 valence electrons. The number of carbonyl (C=O) groups excluding carboxylic acids is 1. The molecule has 0 bridgehead atoms. The fourth-order valence-electron chi connectivity index (χ4n) is 2.64. The van der Waals surface area contributed by atoms with Crippen LogP contribution in [0.1, 0.15) is 51.9 Å². The zero-order valence-electron chi connectivity index (χ0n) is 11.7. The van der Waals surface area contributed by atoms with Crippen molar-refractivity contribution in [3.05, 3.63) is 0 Å². The molecule has 5 heteroatoms. The summed E-state index contributed by atoms with van der Waals surface area (Å²) < 4.78 is 0. The Morgan fingerprint density at radius 1 is 1.37 bits per heavy atom. The topological polar surface area (TPSA) is 69.6 Å². The van der Waals surface area contributed by atoms with Crippen molar-refractivity contribution in [2.45, 2.75) is 57.9 Å². The Bertz CT molecular complexity index is 349. The fourth-order valence-corrected chi connectivity index (χ4v) is 2.64. The van der Waals surface area contributed by atoms with Crippen molar-refractivity contribution in [1.82, 2.24) is 10.2 Å². The minimum Gasteiger partial charge on any atom is -0.481 e. The average Bonchev–Trinajstić information content (AvgIpc) is 3.22. The normalized spacial score (nSPS) is 19.8. The molecule has 0 radical (unpaired) electrons. The van der Waals surface area contributed by atoms with Crippen LogP contribution in [0.3, 0.4) is 0 Å². The van der Waals surface area contributed by atoms with E-state index in [1.807, 2.05) is 0 Å². The molecule has 0 aromatic rings. The third kappa shape index (κ3) is 4.11. The Morgan fingerprint density at radius 2 is 2.05 bits per heavy atom. The third-order valence-electron chi connectivity index (χ3n) is 4.17. The molecular formula is C14H24N2O3. The lowest BCUT2D eigenvalue weighted by molar-refractivity contribution is -0.137. The number of carboxylic acid groups (broad SMARTS) is 1. The SMILES string of the molecule is CCCC1(CNC(=O)N(CCC(=O)O)C2CC2)CC1. The summed E-state index contributed by atoms with van der Waals surface area (Å²) >= 11 is 0. The Morgan fingerprint density at radius 3 is 2.53 bits per heavy atom. The monoisotopic (exact) mass is 268 g/mol. The van der Waals surface area contributed by atoms with Gasteiger partial charge in [-0.3, -0.25) is 4.79 Å². The highest BCUT2D eigenvalue weighted by atomic mass is 16.4. The van der Waals surface area contributed by atoms with Crippen LogP contribution in [-0.4, -0.2) is 41.1 Å². The predicted octanol–water partition coefficient (Wildman–Crippen LogP) is 2.22. The fraction of sp³-hybridized carbons (Fsp3) is 0.857. The molecule has 0 saturated heterocycles. The molecule has 0 aromatic heterocycles. The van der Waals surface area contributed by atoms with Crippen LogP contribution in [0.4, 0.5) is 4.79 Å². The lowest BCUT2D eigenvalue weighted by Gasteiger charge is -2.24. The summed E-state index contributed by atoms with van der Waals surface area (Å²) in [6.07, 6.45) is 6.79. The maximum absolute atomic E-state index is 12.1. The summed E-state index contributed by atoms with van der Waals surface area (Å²) in [5.74, 6) is -0.844. The molecule has 0 heterocycles. The molecule has 2 fully saturated rings. The highest BCUT2D eigenvalue weighted by molar-refractivity contribution is 5.76. The quantitative estimate of drug-likeness (QED) is 0.709. The molecule has 2 aliphatic carbocycles. The summed E-state index contributed by atoms with van der Waals surface area (Å²) in [5, 5.41) is 11.7. The number of urea groups is 1. The van der Waals surface area contributed by atoms with Crippen molar-refractivity contribution in [2.75, 3.05) is 13.1 Å². The number of rotatable bonds is 8. The molecule has 5 nitrogen and oxygen atoms in total. The van der Waals surface area contributed by atoms with Gasteiger partial charge in [-0.25, -0.2) is 4.79 Å². The van der Waals surface area contributed by atoms with Crippen molar-refractivity contribution < 1.29 is 14.7 Å². The number of nitrogens with one attached hydrogen (secondary N) is 1. The molecule has 2 aliphatic rings. The van der Waals surface area contributed by atoms with E-state index < -0.39 is 5.97 Å². The standard InChI is InChI=1S/C14H24N2O3/c1-2-6-14(7-8-14)10-15-13(19)16(11-3-4-11)9-5-12(17)18/h11H,2-10H2,1H3,(H,15,19)(H,17,18). The minimum absolute atomic E-state index is 0.0318. The first-order valence-electron chi connectivity index (χ1n) is 7.32. The van der Waals surface area contributed by atoms with Gasteiger partial charge in [0.25, 0.3) is 0 Å². The molecule has 0 aliphatic heterocycles. The molecule has 0 unspecified atom stereocenters. The average molecular weight is 268 g/mol. The summed E-state index contributed by atoms with van der Waals surface area (Å²) in [6, 6.07) is 0.187. The molecule has 2 N–H and O–H groups in total. The largest absolute Gasteiger partial charge is 0.481 e. The Balaban J connectivity index is 1.77. The molecule has 0 spiro atoms. The summed E-state index contributed by atoms with van der Waals surface area (Å²) in [6.45, 7) is 3.24. The molecule has 19 heavy (non-hydrogen) atoms. The minimum atomic E-state index is -0.844. The number of hydrogen-bond donors (Lipinski definition) is 2. The van der Waals surface area contributed by atoms with Crippen LogP contribution in [0.2, 0.25) is 0 Å². The molecule has 0 aromatic carbocycles. The van der Waals surface area contributed by atoms with Crippen LogP contribution in [0.15, 0.2) is 0 Å². The van der Waals surface area contributed by atoms with Crippen molar-refractivity contribution in [1.29, 1.82) is 0 Å². The van der Waals surface area contributed by atoms with Crippen molar-refractivity contribution in [3.8, 4) is 0 Å². The van der Waals surface area contributed by atoms with Gasteiger partial charge < -0.3 is 15.3 Å². The smallest absolute Gasteiger partial charge is 0.317 e. The number of nitrogens with zero attached hydrogens (tertiary/aromatic N) is 1. The first kappa shape index (κ1) is 14.2. The van der Waals surface area contributed by atoms with E-state index in [0.717, 1.165) is 25.8 Å². The highest BCUT2D eigenvalue weighted by Gasteiger charge is 2.42. The van der Waals surface area contributed by atoms with Crippen molar-refractivity contribution in [3.63, 3.8) is 0 Å². The zero-order chi connectivity index (χ0) is 13.9. The van der Waals surface area contributed by atoms with E-state index in [4.69, 9.17) is 5.11 Å². The van der Waals surface area contributed by atoms with Crippen LogP contribution in [-0.2, 0) is 4.79 Å². The Kier molecular flexibility index (Phi) is 4.32. The molecule has 2 saturated carbocycles. The lowest BCUT2D eigenvalue weighted by Crippen LogP contribution is -2.44. The van der Waals surface area contributed by atoms with Crippen molar-refractivity contribution >= 4 is 12.0 Å². The number of hydrogen-bond acceptors (Lipinski definition) is 2. The summed E-state index contributed by atoms with van der Waals surface area (Å²) in [4.78, 5) is 24.5. The number of aliphatic carboxylic acids is 1. The van der Waals surface area contributed by atoms with E-state index in [1.165, 1.54) is 19.3 Å². The van der Waals surface area contributed by atoms with Gasteiger partial charge in [0.05, 0.1) is 6.42 Å². The lowest BCUT2D eigenvalue weighted by atomic mass is 10.0. The van der Waals surface area contributed by atoms with Crippen LogP contribution >= 0.6 is 0 Å². The van der Waals surface area contributed by atoms with Gasteiger partial charge in [0, 0.05) is 19.1 Å². The van der Waals surface area contributed by atoms with E-state index in [1.54, 1.807) is 4.90 Å². The van der Waals surface area contributed by atoms with E-state index in [9.17, 15) is 9.59 Å². The summed E-state index contributed by atoms with van der Waals surface area (Å²) in [7, 11) is 0. The van der Waals surface area contributed by atoms with Gasteiger partial charge in [-0.05, 0) is 37.5 Å². The third-order valence-corrected chi connectivity index (χ3v) is 4.17. The van der Waals surface area contributed by atoms with Gasteiger partial charge in [-0.15, -0.1) is 0 Å². The van der Waals surface area contributed by atoms with Crippen molar-refractivity contribution in [2.24, 2.45) is 5.41 Å². The molecule has 2 rings (SSSR count). The Hall–Kier alpha value is -1.26. The maximum atomic E-state index is 12.1. The first-order valence-corrected chi connectivity index (χ1v) is 7.32. The maximum Gasteiger partial charge on any atom is 0.317 e. The van der Waals surface area contributed by atoms with Crippen LogP contribution < -0.4 is 5.32 Å². The van der Waals surface area contributed by atoms with Gasteiger partial charge in [-0.1, -0.05) is 13.3 Å². The second kappa shape index (κ2) is 5.80. The van der Waals surface area contributed by atoms with Gasteiger partial charge in [0.15, 0.2) is 0 Å².